The van der Waals surface area contributed by atoms with Crippen molar-refractivity contribution in [2.75, 3.05) is 18.4 Å². The molecule has 3 nitrogen and oxygen atoms in total. The van der Waals surface area contributed by atoms with Crippen molar-refractivity contribution in [3.63, 3.8) is 0 Å². The minimum Gasteiger partial charge on any atom is -0.326 e. The van der Waals surface area contributed by atoms with E-state index in [1.807, 2.05) is 6.92 Å². The lowest BCUT2D eigenvalue weighted by atomic mass is 10.0. The molecule has 18 heavy (non-hydrogen) atoms. The third kappa shape index (κ3) is 4.15. The van der Waals surface area contributed by atoms with Crippen LogP contribution in [0.5, 0.6) is 0 Å². The topological polar surface area (TPSA) is 41.1 Å². The van der Waals surface area contributed by atoms with E-state index in [0.717, 1.165) is 31.6 Å². The molecule has 0 heterocycles. The van der Waals surface area contributed by atoms with E-state index < -0.39 is 0 Å². The monoisotopic (exact) mass is 248 g/mol. The molecule has 0 spiro atoms. The van der Waals surface area contributed by atoms with Crippen LogP contribution in [0.25, 0.3) is 0 Å². The molecule has 0 bridgehead atoms. The van der Waals surface area contributed by atoms with Crippen LogP contribution < -0.4 is 10.6 Å². The normalized spacial score (nSPS) is 10.4. The van der Waals surface area contributed by atoms with Crippen LogP contribution in [0.2, 0.25) is 0 Å². The van der Waals surface area contributed by atoms with Gasteiger partial charge in [-0.2, -0.15) is 0 Å². The summed E-state index contributed by atoms with van der Waals surface area (Å²) < 4.78 is 0. The molecule has 3 heteroatoms. The van der Waals surface area contributed by atoms with E-state index >= 15 is 0 Å². The van der Waals surface area contributed by atoms with Gasteiger partial charge in [0.05, 0.1) is 0 Å². The fourth-order valence-electron chi connectivity index (χ4n) is 1.98. The van der Waals surface area contributed by atoms with Gasteiger partial charge in [0, 0.05) is 18.7 Å². The van der Waals surface area contributed by atoms with Gasteiger partial charge in [-0.3, -0.25) is 4.79 Å². The lowest BCUT2D eigenvalue weighted by Gasteiger charge is -2.14. The molecular formula is C15H24N2O. The maximum absolute atomic E-state index is 11.9. The fourth-order valence-corrected chi connectivity index (χ4v) is 1.98. The Bertz CT molecular complexity index is 366. The first kappa shape index (κ1) is 14.7. The molecule has 0 aromatic heterocycles. The van der Waals surface area contributed by atoms with Gasteiger partial charge in [0.1, 0.15) is 0 Å². The van der Waals surface area contributed by atoms with Crippen LogP contribution in [-0.4, -0.2) is 19.0 Å². The third-order valence-electron chi connectivity index (χ3n) is 3.04. The van der Waals surface area contributed by atoms with E-state index in [-0.39, 0.29) is 5.91 Å². The van der Waals surface area contributed by atoms with Gasteiger partial charge in [-0.25, -0.2) is 0 Å². The Morgan fingerprint density at radius 1 is 1.11 bits per heavy atom. The lowest BCUT2D eigenvalue weighted by molar-refractivity contribution is -0.116. The number of hydrogen-bond donors (Lipinski definition) is 2. The van der Waals surface area contributed by atoms with Crippen molar-refractivity contribution in [3.8, 4) is 0 Å². The van der Waals surface area contributed by atoms with E-state index in [1.165, 1.54) is 11.1 Å². The highest BCUT2D eigenvalue weighted by Gasteiger charge is 2.09. The molecule has 0 radical (unpaired) electrons. The smallest absolute Gasteiger partial charge is 0.225 e. The van der Waals surface area contributed by atoms with E-state index in [4.69, 9.17) is 0 Å². The van der Waals surface area contributed by atoms with Crippen molar-refractivity contribution in [1.29, 1.82) is 0 Å². The Morgan fingerprint density at radius 2 is 1.72 bits per heavy atom. The summed E-state index contributed by atoms with van der Waals surface area (Å²) in [6.45, 7) is 7.91. The van der Waals surface area contributed by atoms with Crippen LogP contribution in [0.3, 0.4) is 0 Å². The van der Waals surface area contributed by atoms with Crippen LogP contribution in [0.15, 0.2) is 18.2 Å². The largest absolute Gasteiger partial charge is 0.326 e. The maximum Gasteiger partial charge on any atom is 0.225 e. The number of amides is 1. The minimum atomic E-state index is 0.0894. The fraction of sp³-hybridized carbons (Fsp3) is 0.533. The average Bonchev–Trinajstić information content (AvgIpc) is 2.39. The van der Waals surface area contributed by atoms with Gasteiger partial charge in [-0.1, -0.05) is 39.0 Å². The minimum absolute atomic E-state index is 0.0894. The molecule has 0 atom stereocenters. The number of carbonyl (C=O) groups is 1. The van der Waals surface area contributed by atoms with E-state index in [0.29, 0.717) is 6.42 Å². The highest BCUT2D eigenvalue weighted by atomic mass is 16.1. The summed E-state index contributed by atoms with van der Waals surface area (Å²) in [5, 5.41) is 6.22. The SMILES string of the molecule is CCNCCC(=O)Nc1c(CC)cccc1CC. The summed E-state index contributed by atoms with van der Waals surface area (Å²) >= 11 is 0. The molecule has 0 aliphatic heterocycles. The second-order valence-corrected chi connectivity index (χ2v) is 4.31. The summed E-state index contributed by atoms with van der Waals surface area (Å²) in [4.78, 5) is 11.9. The van der Waals surface area contributed by atoms with Crippen LogP contribution in [0.1, 0.15) is 38.3 Å². The number of rotatable bonds is 7. The molecule has 2 N–H and O–H groups in total. The molecule has 1 aromatic rings. The van der Waals surface area contributed by atoms with Crippen molar-refractivity contribution in [2.45, 2.75) is 40.0 Å². The van der Waals surface area contributed by atoms with Crippen molar-refractivity contribution < 1.29 is 4.79 Å². The Morgan fingerprint density at radius 3 is 2.22 bits per heavy atom. The summed E-state index contributed by atoms with van der Waals surface area (Å²) in [6, 6.07) is 6.23. The summed E-state index contributed by atoms with van der Waals surface area (Å²) in [6.07, 6.45) is 2.41. The molecule has 1 aromatic carbocycles. The second-order valence-electron chi connectivity index (χ2n) is 4.31. The van der Waals surface area contributed by atoms with Crippen molar-refractivity contribution in [1.82, 2.24) is 5.32 Å². The molecule has 0 unspecified atom stereocenters. The number of aryl methyl sites for hydroxylation is 2. The Kier molecular flexibility index (Phi) is 6.44. The van der Waals surface area contributed by atoms with Gasteiger partial charge in [0.25, 0.3) is 0 Å². The highest BCUT2D eigenvalue weighted by Crippen LogP contribution is 2.22. The van der Waals surface area contributed by atoms with E-state index in [2.05, 4.69) is 42.7 Å². The average molecular weight is 248 g/mol. The summed E-state index contributed by atoms with van der Waals surface area (Å²) in [5.74, 6) is 0.0894. The van der Waals surface area contributed by atoms with E-state index in [9.17, 15) is 4.79 Å². The molecule has 0 fully saturated rings. The first-order valence-electron chi connectivity index (χ1n) is 6.84. The predicted molar refractivity (Wildman–Crippen MR) is 77.0 cm³/mol. The molecule has 0 aliphatic rings. The van der Waals surface area contributed by atoms with Gasteiger partial charge >= 0.3 is 0 Å². The number of hydrogen-bond acceptors (Lipinski definition) is 2. The van der Waals surface area contributed by atoms with Crippen LogP contribution >= 0.6 is 0 Å². The zero-order valence-corrected chi connectivity index (χ0v) is 11.7. The van der Waals surface area contributed by atoms with Gasteiger partial charge in [0.2, 0.25) is 5.91 Å². The molecule has 1 rings (SSSR count). The molecule has 0 saturated carbocycles. The van der Waals surface area contributed by atoms with Gasteiger partial charge < -0.3 is 10.6 Å². The quantitative estimate of drug-likeness (QED) is 0.728. The van der Waals surface area contributed by atoms with Gasteiger partial charge in [0.15, 0.2) is 0 Å². The van der Waals surface area contributed by atoms with Crippen molar-refractivity contribution >= 4 is 11.6 Å². The molecule has 1 amide bonds. The van der Waals surface area contributed by atoms with Crippen LogP contribution in [0, 0.1) is 0 Å². The second kappa shape index (κ2) is 7.88. The Hall–Kier alpha value is -1.35. The molecule has 0 aliphatic carbocycles. The summed E-state index contributed by atoms with van der Waals surface area (Å²) in [7, 11) is 0. The zero-order chi connectivity index (χ0) is 13.4. The van der Waals surface area contributed by atoms with E-state index in [1.54, 1.807) is 0 Å². The van der Waals surface area contributed by atoms with Gasteiger partial charge in [-0.05, 0) is 30.5 Å². The molecule has 100 valence electrons. The van der Waals surface area contributed by atoms with Crippen molar-refractivity contribution in [3.05, 3.63) is 29.3 Å². The summed E-state index contributed by atoms with van der Waals surface area (Å²) in [5.41, 5.74) is 3.45. The molecular weight excluding hydrogens is 224 g/mol. The zero-order valence-electron chi connectivity index (χ0n) is 11.7. The van der Waals surface area contributed by atoms with Crippen LogP contribution in [0.4, 0.5) is 5.69 Å². The number of para-hydroxylation sites is 1. The number of anilines is 1. The number of benzene rings is 1. The predicted octanol–water partition coefficient (Wildman–Crippen LogP) is 2.75. The number of nitrogens with one attached hydrogen (secondary N) is 2. The first-order chi connectivity index (χ1) is 8.72. The standard InChI is InChI=1S/C15H24N2O/c1-4-12-8-7-9-13(5-2)15(12)17-14(18)10-11-16-6-3/h7-9,16H,4-6,10-11H2,1-3H3,(H,17,18). The highest BCUT2D eigenvalue weighted by molar-refractivity contribution is 5.92. The number of carbonyl (C=O) groups excluding carboxylic acids is 1. The van der Waals surface area contributed by atoms with Crippen molar-refractivity contribution in [2.24, 2.45) is 0 Å². The lowest BCUT2D eigenvalue weighted by Crippen LogP contribution is -2.22. The Labute approximate surface area is 110 Å². The Balaban J connectivity index is 2.72. The van der Waals surface area contributed by atoms with Gasteiger partial charge in [-0.15, -0.1) is 0 Å². The maximum atomic E-state index is 11.9. The molecule has 0 saturated heterocycles. The third-order valence-corrected chi connectivity index (χ3v) is 3.04. The first-order valence-corrected chi connectivity index (χ1v) is 6.84. The van der Waals surface area contributed by atoms with Crippen LogP contribution in [-0.2, 0) is 17.6 Å².